The van der Waals surface area contributed by atoms with Gasteiger partial charge in [-0.1, -0.05) is 0 Å². The molecule has 1 N–H and O–H groups in total. The lowest BCUT2D eigenvalue weighted by Gasteiger charge is -2.09. The van der Waals surface area contributed by atoms with Crippen LogP contribution >= 0.6 is 11.3 Å². The van der Waals surface area contributed by atoms with Gasteiger partial charge in [-0.05, 0) is 51.0 Å². The number of carbonyl (C=O) groups is 1. The minimum absolute atomic E-state index is 0.173. The number of rotatable bonds is 8. The van der Waals surface area contributed by atoms with Crippen LogP contribution in [-0.4, -0.2) is 30.4 Å². The van der Waals surface area contributed by atoms with Crippen molar-refractivity contribution in [1.82, 2.24) is 4.98 Å². The normalized spacial score (nSPS) is 10.9. The van der Waals surface area contributed by atoms with Crippen LogP contribution in [0, 0.1) is 13.8 Å². The number of hydrogen-bond acceptors (Lipinski definition) is 7. The van der Waals surface area contributed by atoms with Crippen LogP contribution in [-0.2, 0) is 16.0 Å². The van der Waals surface area contributed by atoms with E-state index in [1.807, 2.05) is 38.3 Å². The van der Waals surface area contributed by atoms with Gasteiger partial charge in [0.05, 0.1) is 31.5 Å². The van der Waals surface area contributed by atoms with Crippen molar-refractivity contribution in [3.63, 3.8) is 0 Å². The van der Waals surface area contributed by atoms with Gasteiger partial charge in [0.2, 0.25) is 5.13 Å². The van der Waals surface area contributed by atoms with Gasteiger partial charge in [-0.3, -0.25) is 10.2 Å². The van der Waals surface area contributed by atoms with Crippen molar-refractivity contribution in [3.05, 3.63) is 39.9 Å². The summed E-state index contributed by atoms with van der Waals surface area (Å²) >= 11 is 1.40. The molecule has 0 aliphatic rings. The molecule has 0 unspecified atom stereocenters. The quantitative estimate of drug-likeness (QED) is 0.441. The molecule has 1 aromatic carbocycles. The van der Waals surface area contributed by atoms with Crippen LogP contribution in [0.15, 0.2) is 22.6 Å². The molecule has 1 heterocycles. The van der Waals surface area contributed by atoms with E-state index in [0.717, 1.165) is 22.4 Å². The standard InChI is InChI=1S/C18H23N3O3S/c1-5-23-15-7-12(3)16(13(4)8-15)10-19-21-18-20-14(11-25-18)9-17(22)24-6-2/h7-8,10-11H,5-6,9H2,1-4H3,(H,20,21). The Hall–Kier alpha value is -2.41. The highest BCUT2D eigenvalue weighted by atomic mass is 32.1. The molecule has 0 spiro atoms. The van der Waals surface area contributed by atoms with Crippen LogP contribution in [0.25, 0.3) is 0 Å². The lowest BCUT2D eigenvalue weighted by Crippen LogP contribution is -2.07. The minimum Gasteiger partial charge on any atom is -0.494 e. The second kappa shape index (κ2) is 9.17. The number of esters is 1. The average molecular weight is 361 g/mol. The zero-order valence-electron chi connectivity index (χ0n) is 15.0. The van der Waals surface area contributed by atoms with Crippen molar-refractivity contribution >= 4 is 28.7 Å². The molecule has 0 bridgehead atoms. The summed E-state index contributed by atoms with van der Waals surface area (Å²) in [5, 5.41) is 6.71. The number of hydrogen-bond donors (Lipinski definition) is 1. The van der Waals surface area contributed by atoms with Gasteiger partial charge in [-0.25, -0.2) is 4.98 Å². The maximum atomic E-state index is 11.5. The van der Waals surface area contributed by atoms with Crippen LogP contribution in [0.1, 0.15) is 36.2 Å². The molecule has 0 radical (unpaired) electrons. The van der Waals surface area contributed by atoms with E-state index in [0.29, 0.717) is 24.0 Å². The average Bonchev–Trinajstić information content (AvgIpc) is 2.98. The molecule has 0 aliphatic heterocycles. The number of aromatic nitrogens is 1. The van der Waals surface area contributed by atoms with Gasteiger partial charge in [-0.2, -0.15) is 5.10 Å². The van der Waals surface area contributed by atoms with E-state index < -0.39 is 0 Å². The lowest BCUT2D eigenvalue weighted by atomic mass is 10.0. The fraction of sp³-hybridized carbons (Fsp3) is 0.389. The predicted octanol–water partition coefficient (Wildman–Crippen LogP) is 3.71. The molecule has 2 aromatic rings. The number of aryl methyl sites for hydroxylation is 2. The molecule has 0 amide bonds. The SMILES string of the molecule is CCOC(=O)Cc1csc(NN=Cc2c(C)cc(OCC)cc2C)n1. The van der Waals surface area contributed by atoms with Crippen molar-refractivity contribution in [2.75, 3.05) is 18.6 Å². The fourth-order valence-corrected chi connectivity index (χ4v) is 3.00. The van der Waals surface area contributed by atoms with Crippen LogP contribution in [0.4, 0.5) is 5.13 Å². The molecule has 0 aliphatic carbocycles. The molecule has 0 atom stereocenters. The molecular weight excluding hydrogens is 338 g/mol. The molecule has 7 heteroatoms. The molecule has 25 heavy (non-hydrogen) atoms. The van der Waals surface area contributed by atoms with E-state index in [1.165, 1.54) is 11.3 Å². The fourth-order valence-electron chi connectivity index (χ4n) is 2.34. The Morgan fingerprint density at radius 3 is 2.64 bits per heavy atom. The number of thiazole rings is 1. The number of nitrogens with one attached hydrogen (secondary N) is 1. The van der Waals surface area contributed by atoms with Gasteiger partial charge in [0, 0.05) is 10.9 Å². The van der Waals surface area contributed by atoms with Crippen LogP contribution in [0.3, 0.4) is 0 Å². The van der Waals surface area contributed by atoms with Crippen molar-refractivity contribution in [2.45, 2.75) is 34.1 Å². The number of benzene rings is 1. The first-order valence-corrected chi connectivity index (χ1v) is 9.04. The minimum atomic E-state index is -0.275. The van der Waals surface area contributed by atoms with Crippen molar-refractivity contribution in [2.24, 2.45) is 5.10 Å². The maximum absolute atomic E-state index is 11.5. The van der Waals surface area contributed by atoms with E-state index in [2.05, 4.69) is 15.5 Å². The lowest BCUT2D eigenvalue weighted by molar-refractivity contribution is -0.142. The molecule has 0 saturated carbocycles. The Morgan fingerprint density at radius 2 is 2.00 bits per heavy atom. The third kappa shape index (κ3) is 5.56. The molecule has 2 rings (SSSR count). The maximum Gasteiger partial charge on any atom is 0.311 e. The highest BCUT2D eigenvalue weighted by Gasteiger charge is 2.08. The number of hydrazone groups is 1. The first-order valence-electron chi connectivity index (χ1n) is 8.16. The summed E-state index contributed by atoms with van der Waals surface area (Å²) in [7, 11) is 0. The largest absolute Gasteiger partial charge is 0.494 e. The second-order valence-corrected chi connectivity index (χ2v) is 6.26. The van der Waals surface area contributed by atoms with Crippen LogP contribution in [0.5, 0.6) is 5.75 Å². The van der Waals surface area contributed by atoms with Gasteiger partial charge in [0.15, 0.2) is 0 Å². The van der Waals surface area contributed by atoms with Gasteiger partial charge >= 0.3 is 5.97 Å². The number of carbonyl (C=O) groups excluding carboxylic acids is 1. The van der Waals surface area contributed by atoms with E-state index in [4.69, 9.17) is 9.47 Å². The van der Waals surface area contributed by atoms with Gasteiger partial charge in [0.1, 0.15) is 5.75 Å². The summed E-state index contributed by atoms with van der Waals surface area (Å²) < 4.78 is 10.5. The summed E-state index contributed by atoms with van der Waals surface area (Å²) in [5.41, 5.74) is 6.81. The highest BCUT2D eigenvalue weighted by molar-refractivity contribution is 7.13. The highest BCUT2D eigenvalue weighted by Crippen LogP contribution is 2.21. The van der Waals surface area contributed by atoms with Crippen LogP contribution < -0.4 is 10.2 Å². The monoisotopic (exact) mass is 361 g/mol. The van der Waals surface area contributed by atoms with Crippen molar-refractivity contribution in [1.29, 1.82) is 0 Å². The zero-order valence-corrected chi connectivity index (χ0v) is 15.8. The molecular formula is C18H23N3O3S. The van der Waals surface area contributed by atoms with Crippen LogP contribution in [0.2, 0.25) is 0 Å². The van der Waals surface area contributed by atoms with E-state index >= 15 is 0 Å². The molecule has 0 saturated heterocycles. The first kappa shape index (κ1) is 18.9. The zero-order chi connectivity index (χ0) is 18.2. The third-order valence-electron chi connectivity index (χ3n) is 3.41. The number of nitrogens with zero attached hydrogens (tertiary/aromatic N) is 2. The molecule has 134 valence electrons. The molecule has 1 aromatic heterocycles. The summed E-state index contributed by atoms with van der Waals surface area (Å²) in [4.78, 5) is 15.8. The second-order valence-electron chi connectivity index (χ2n) is 5.40. The Kier molecular flexibility index (Phi) is 6.94. The summed E-state index contributed by atoms with van der Waals surface area (Å²) in [6.45, 7) is 8.82. The Labute approximate surface area is 151 Å². The van der Waals surface area contributed by atoms with Crippen molar-refractivity contribution < 1.29 is 14.3 Å². The number of ether oxygens (including phenoxy) is 2. The van der Waals surface area contributed by atoms with Gasteiger partial charge in [-0.15, -0.1) is 11.3 Å². The van der Waals surface area contributed by atoms with E-state index in [9.17, 15) is 4.79 Å². The Bertz CT molecular complexity index is 733. The summed E-state index contributed by atoms with van der Waals surface area (Å²) in [6.07, 6.45) is 1.94. The predicted molar refractivity (Wildman–Crippen MR) is 101 cm³/mol. The first-order chi connectivity index (χ1) is 12.0. The topological polar surface area (TPSA) is 72.8 Å². The van der Waals surface area contributed by atoms with E-state index in [-0.39, 0.29) is 12.4 Å². The van der Waals surface area contributed by atoms with Crippen molar-refractivity contribution in [3.8, 4) is 5.75 Å². The molecule has 0 fully saturated rings. The van der Waals surface area contributed by atoms with Gasteiger partial charge in [0.25, 0.3) is 0 Å². The Morgan fingerprint density at radius 1 is 1.28 bits per heavy atom. The number of anilines is 1. The summed E-state index contributed by atoms with van der Waals surface area (Å²) in [6, 6.07) is 4.00. The van der Waals surface area contributed by atoms with E-state index in [1.54, 1.807) is 13.1 Å². The molecule has 6 nitrogen and oxygen atoms in total. The Balaban J connectivity index is 1.99. The summed E-state index contributed by atoms with van der Waals surface area (Å²) in [5.74, 6) is 0.592. The van der Waals surface area contributed by atoms with Gasteiger partial charge < -0.3 is 9.47 Å². The third-order valence-corrected chi connectivity index (χ3v) is 4.21. The smallest absolute Gasteiger partial charge is 0.311 e.